The molecule has 2 unspecified atom stereocenters. The number of nitrogens with zero attached hydrogens (tertiary/aromatic N) is 2. The first-order chi connectivity index (χ1) is 15.3. The highest BCUT2D eigenvalue weighted by Gasteiger charge is 2.38. The molecule has 3 aromatic rings. The van der Waals surface area contributed by atoms with Crippen LogP contribution >= 0.6 is 0 Å². The molecule has 31 heavy (non-hydrogen) atoms. The van der Waals surface area contributed by atoms with Crippen LogP contribution < -0.4 is 10.2 Å². The van der Waals surface area contributed by atoms with E-state index in [4.69, 9.17) is 9.84 Å². The summed E-state index contributed by atoms with van der Waals surface area (Å²) in [6, 6.07) is 27.8. The molecule has 4 heteroatoms. The average Bonchev–Trinajstić information content (AvgIpc) is 3.23. The first-order valence-corrected chi connectivity index (χ1v) is 11.1. The van der Waals surface area contributed by atoms with Crippen LogP contribution in [0.25, 0.3) is 0 Å². The van der Waals surface area contributed by atoms with E-state index in [0.717, 1.165) is 31.8 Å². The second kappa shape index (κ2) is 8.94. The summed E-state index contributed by atoms with van der Waals surface area (Å²) in [5.74, 6) is 1.32. The van der Waals surface area contributed by atoms with Gasteiger partial charge in [-0.3, -0.25) is 4.90 Å². The molecule has 2 aliphatic rings. The number of hydrogen-bond acceptors (Lipinski definition) is 4. The van der Waals surface area contributed by atoms with E-state index < -0.39 is 0 Å². The lowest BCUT2D eigenvalue weighted by atomic mass is 9.86. The van der Waals surface area contributed by atoms with Gasteiger partial charge in [0.2, 0.25) is 0 Å². The van der Waals surface area contributed by atoms with Gasteiger partial charge in [0, 0.05) is 43.2 Å². The number of rotatable bonds is 6. The van der Waals surface area contributed by atoms with Gasteiger partial charge in [0.05, 0.1) is 6.04 Å². The Bertz CT molecular complexity index is 1050. The molecule has 2 heterocycles. The van der Waals surface area contributed by atoms with E-state index in [9.17, 15) is 0 Å². The number of piperidine rings is 1. The number of para-hydroxylation sites is 1. The maximum absolute atomic E-state index is 6.27. The van der Waals surface area contributed by atoms with Gasteiger partial charge >= 0.3 is 0 Å². The van der Waals surface area contributed by atoms with E-state index >= 15 is 0 Å². The summed E-state index contributed by atoms with van der Waals surface area (Å²) in [7, 11) is 0. The van der Waals surface area contributed by atoms with Crippen LogP contribution in [-0.4, -0.2) is 23.7 Å². The van der Waals surface area contributed by atoms with Crippen LogP contribution in [0.4, 0.5) is 0 Å². The van der Waals surface area contributed by atoms with Gasteiger partial charge in [-0.25, -0.2) is 0 Å². The van der Waals surface area contributed by atoms with Crippen LogP contribution in [0.15, 0.2) is 84.0 Å². The molecule has 0 aliphatic carbocycles. The van der Waals surface area contributed by atoms with E-state index in [1.807, 2.05) is 6.07 Å². The molecule has 2 atom stereocenters. The Labute approximate surface area is 184 Å². The molecule has 1 saturated heterocycles. The van der Waals surface area contributed by atoms with Gasteiger partial charge in [0.25, 0.3) is 0 Å². The fourth-order valence-electron chi connectivity index (χ4n) is 4.60. The number of benzene rings is 3. The largest absolute Gasteiger partial charge is 0.489 e. The van der Waals surface area contributed by atoms with Crippen molar-refractivity contribution in [3.8, 4) is 5.75 Å². The van der Waals surface area contributed by atoms with Crippen molar-refractivity contribution in [2.24, 2.45) is 11.0 Å². The van der Waals surface area contributed by atoms with Gasteiger partial charge in [0.15, 0.2) is 0 Å². The second-order valence-corrected chi connectivity index (χ2v) is 8.60. The summed E-state index contributed by atoms with van der Waals surface area (Å²) in [6.45, 7) is 5.74. The number of likely N-dealkylation sites (tertiary alicyclic amines) is 1. The molecular weight excluding hydrogens is 382 g/mol. The Balaban J connectivity index is 1.30. The van der Waals surface area contributed by atoms with Gasteiger partial charge in [0.1, 0.15) is 12.4 Å². The van der Waals surface area contributed by atoms with Crippen LogP contribution in [0.5, 0.6) is 5.75 Å². The van der Waals surface area contributed by atoms with E-state index in [1.165, 1.54) is 28.0 Å². The number of ether oxygens (including phenoxy) is 1. The Morgan fingerprint density at radius 3 is 2.55 bits per heavy atom. The number of hydrogen-bond donors (Lipinski definition) is 1. The van der Waals surface area contributed by atoms with Crippen molar-refractivity contribution < 1.29 is 4.74 Å². The number of hydrazone groups is 1. The van der Waals surface area contributed by atoms with Gasteiger partial charge in [-0.2, -0.15) is 5.10 Å². The maximum Gasteiger partial charge on any atom is 0.125 e. The van der Waals surface area contributed by atoms with Crippen LogP contribution in [-0.2, 0) is 13.2 Å². The quantitative estimate of drug-likeness (QED) is 0.613. The fourth-order valence-corrected chi connectivity index (χ4v) is 4.60. The summed E-state index contributed by atoms with van der Waals surface area (Å²) in [4.78, 5) is 2.55. The summed E-state index contributed by atoms with van der Waals surface area (Å²) in [6.07, 6.45) is 1.02. The third kappa shape index (κ3) is 4.49. The zero-order chi connectivity index (χ0) is 21.0. The molecule has 0 aromatic heterocycles. The summed E-state index contributed by atoms with van der Waals surface area (Å²) in [5, 5.41) is 4.71. The smallest absolute Gasteiger partial charge is 0.125 e. The molecule has 3 aromatic carbocycles. The van der Waals surface area contributed by atoms with E-state index in [2.05, 4.69) is 90.0 Å². The highest BCUT2D eigenvalue weighted by Crippen LogP contribution is 2.37. The minimum absolute atomic E-state index is 0.155. The minimum Gasteiger partial charge on any atom is -0.489 e. The standard InChI is InChI=1S/C27H29N3O/c1-20-11-13-22(14-12-20)19-31-26-10-6-5-9-23(26)27-24-18-30(16-15-25(24)28-29-27)17-21-7-3-2-4-8-21/h2-14,24,27,29H,15-19H2,1H3. The molecule has 0 radical (unpaired) electrons. The van der Waals surface area contributed by atoms with Crippen molar-refractivity contribution in [2.45, 2.75) is 32.5 Å². The Hall–Kier alpha value is -3.11. The highest BCUT2D eigenvalue weighted by atomic mass is 16.5. The van der Waals surface area contributed by atoms with Crippen LogP contribution in [0.3, 0.4) is 0 Å². The molecule has 4 nitrogen and oxygen atoms in total. The zero-order valence-electron chi connectivity index (χ0n) is 18.0. The lowest BCUT2D eigenvalue weighted by Gasteiger charge is -2.34. The van der Waals surface area contributed by atoms with Gasteiger partial charge in [-0.05, 0) is 24.1 Å². The molecule has 0 saturated carbocycles. The van der Waals surface area contributed by atoms with Crippen molar-refractivity contribution in [1.29, 1.82) is 0 Å². The SMILES string of the molecule is Cc1ccc(COc2ccccc2C2NN=C3CCN(Cc4ccccc4)CC32)cc1. The van der Waals surface area contributed by atoms with Crippen molar-refractivity contribution in [3.63, 3.8) is 0 Å². The number of aryl methyl sites for hydroxylation is 1. The van der Waals surface area contributed by atoms with Gasteiger partial charge in [-0.15, -0.1) is 0 Å². The third-order valence-electron chi connectivity index (χ3n) is 6.33. The summed E-state index contributed by atoms with van der Waals surface area (Å²) >= 11 is 0. The van der Waals surface area contributed by atoms with E-state index in [1.54, 1.807) is 0 Å². The highest BCUT2D eigenvalue weighted by molar-refractivity contribution is 5.90. The molecule has 158 valence electrons. The van der Waals surface area contributed by atoms with Crippen molar-refractivity contribution in [2.75, 3.05) is 13.1 Å². The molecule has 0 amide bonds. The Kier molecular flexibility index (Phi) is 5.72. The first kappa shape index (κ1) is 19.8. The van der Waals surface area contributed by atoms with Crippen molar-refractivity contribution in [1.82, 2.24) is 10.3 Å². The third-order valence-corrected chi connectivity index (χ3v) is 6.33. The predicted octanol–water partition coefficient (Wildman–Crippen LogP) is 5.10. The van der Waals surface area contributed by atoms with Gasteiger partial charge < -0.3 is 10.2 Å². The van der Waals surface area contributed by atoms with Crippen LogP contribution in [0.1, 0.15) is 34.7 Å². The zero-order valence-corrected chi connectivity index (χ0v) is 18.0. The lowest BCUT2D eigenvalue weighted by Crippen LogP contribution is -2.41. The maximum atomic E-state index is 6.27. The molecule has 0 spiro atoms. The monoisotopic (exact) mass is 411 g/mol. The second-order valence-electron chi connectivity index (χ2n) is 8.60. The van der Waals surface area contributed by atoms with Gasteiger partial charge in [-0.1, -0.05) is 78.4 Å². The van der Waals surface area contributed by atoms with E-state index in [0.29, 0.717) is 12.5 Å². The molecule has 0 bridgehead atoms. The predicted molar refractivity (Wildman–Crippen MR) is 125 cm³/mol. The number of nitrogens with one attached hydrogen (secondary N) is 1. The Morgan fingerprint density at radius 2 is 1.71 bits per heavy atom. The molecule has 2 aliphatic heterocycles. The normalized spacial score (nSPS) is 20.6. The van der Waals surface area contributed by atoms with Crippen LogP contribution in [0, 0.1) is 12.8 Å². The van der Waals surface area contributed by atoms with Crippen molar-refractivity contribution >= 4 is 5.71 Å². The summed E-state index contributed by atoms with van der Waals surface area (Å²) in [5.41, 5.74) is 9.73. The van der Waals surface area contributed by atoms with Crippen LogP contribution in [0.2, 0.25) is 0 Å². The average molecular weight is 412 g/mol. The Morgan fingerprint density at radius 1 is 0.935 bits per heavy atom. The fraction of sp³-hybridized carbons (Fsp3) is 0.296. The van der Waals surface area contributed by atoms with Crippen molar-refractivity contribution in [3.05, 3.63) is 101 Å². The minimum atomic E-state index is 0.155. The molecule has 5 rings (SSSR count). The van der Waals surface area contributed by atoms with E-state index in [-0.39, 0.29) is 6.04 Å². The molecule has 1 N–H and O–H groups in total. The molecule has 1 fully saturated rings. The topological polar surface area (TPSA) is 36.9 Å². The molecular formula is C27H29N3O. The lowest BCUT2D eigenvalue weighted by molar-refractivity contribution is 0.217. The first-order valence-electron chi connectivity index (χ1n) is 11.1. The number of fused-ring (bicyclic) bond motifs is 1. The summed E-state index contributed by atoms with van der Waals surface area (Å²) < 4.78 is 6.27.